The highest BCUT2D eigenvalue weighted by atomic mass is 32.1. The van der Waals surface area contributed by atoms with Crippen molar-refractivity contribution in [1.82, 2.24) is 4.98 Å². The van der Waals surface area contributed by atoms with Crippen LogP contribution in [0.1, 0.15) is 18.4 Å². The average Bonchev–Trinajstić information content (AvgIpc) is 2.75. The van der Waals surface area contributed by atoms with E-state index < -0.39 is 0 Å². The van der Waals surface area contributed by atoms with E-state index in [1.54, 1.807) is 6.20 Å². The number of nitrogens with zero attached hydrogens (tertiary/aromatic N) is 1. The van der Waals surface area contributed by atoms with E-state index in [2.05, 4.69) is 4.98 Å². The van der Waals surface area contributed by atoms with Gasteiger partial charge in [0.1, 0.15) is 5.78 Å². The summed E-state index contributed by atoms with van der Waals surface area (Å²) < 4.78 is 5.37. The first-order valence-corrected chi connectivity index (χ1v) is 5.68. The Hall–Kier alpha value is -0.740. The highest BCUT2D eigenvalue weighted by Crippen LogP contribution is 2.23. The molecular weight excluding hydrogens is 198 g/mol. The van der Waals surface area contributed by atoms with Crippen molar-refractivity contribution in [3.63, 3.8) is 0 Å². The maximum atomic E-state index is 11.8. The molecule has 0 aromatic carbocycles. The van der Waals surface area contributed by atoms with Crippen molar-refractivity contribution < 1.29 is 9.53 Å². The predicted molar refractivity (Wildman–Crippen MR) is 54.3 cm³/mol. The minimum Gasteiger partial charge on any atom is -0.378 e. The number of Topliss-reactive ketones (excluding diaryl/α,β-unsaturated/α-hetero) is 1. The van der Waals surface area contributed by atoms with Crippen LogP contribution < -0.4 is 0 Å². The van der Waals surface area contributed by atoms with Crippen molar-refractivity contribution in [2.45, 2.75) is 25.9 Å². The molecule has 1 aliphatic rings. The molecular formula is C10H13NO2S. The zero-order chi connectivity index (χ0) is 9.97. The molecule has 2 unspecified atom stereocenters. The van der Waals surface area contributed by atoms with E-state index in [0.717, 1.165) is 18.0 Å². The van der Waals surface area contributed by atoms with Crippen molar-refractivity contribution in [3.8, 4) is 0 Å². The van der Waals surface area contributed by atoms with Gasteiger partial charge in [-0.1, -0.05) is 0 Å². The Balaban J connectivity index is 1.95. The first-order valence-electron chi connectivity index (χ1n) is 4.80. The van der Waals surface area contributed by atoms with Crippen LogP contribution in [0.3, 0.4) is 0 Å². The third-order valence-corrected chi connectivity index (χ3v) is 3.38. The molecule has 0 aliphatic carbocycles. The molecule has 1 aliphatic heterocycles. The lowest BCUT2D eigenvalue weighted by Crippen LogP contribution is -2.23. The Morgan fingerprint density at radius 3 is 3.21 bits per heavy atom. The van der Waals surface area contributed by atoms with Crippen LogP contribution in [0.2, 0.25) is 0 Å². The maximum Gasteiger partial charge on any atom is 0.145 e. The molecule has 0 radical (unpaired) electrons. The topological polar surface area (TPSA) is 39.2 Å². The number of hydrogen-bond acceptors (Lipinski definition) is 4. The van der Waals surface area contributed by atoms with E-state index in [9.17, 15) is 4.79 Å². The Labute approximate surface area is 87.1 Å². The lowest BCUT2D eigenvalue weighted by molar-refractivity contribution is -0.123. The van der Waals surface area contributed by atoms with Crippen LogP contribution in [0.25, 0.3) is 0 Å². The molecule has 0 saturated carbocycles. The van der Waals surface area contributed by atoms with Crippen molar-refractivity contribution >= 4 is 17.1 Å². The summed E-state index contributed by atoms with van der Waals surface area (Å²) in [7, 11) is 0. The quantitative estimate of drug-likeness (QED) is 0.763. The molecule has 1 aromatic heterocycles. The molecule has 0 spiro atoms. The van der Waals surface area contributed by atoms with Crippen LogP contribution in [-0.2, 0) is 16.0 Å². The van der Waals surface area contributed by atoms with Gasteiger partial charge in [0.05, 0.1) is 17.5 Å². The Morgan fingerprint density at radius 2 is 2.64 bits per heavy atom. The molecule has 2 atom stereocenters. The second kappa shape index (κ2) is 4.19. The molecule has 2 heterocycles. The molecule has 1 aromatic rings. The number of hydrogen-bond donors (Lipinski definition) is 0. The summed E-state index contributed by atoms with van der Waals surface area (Å²) >= 11 is 1.54. The first kappa shape index (κ1) is 9.80. The minimum atomic E-state index is 0.0823. The molecule has 3 nitrogen and oxygen atoms in total. The summed E-state index contributed by atoms with van der Waals surface area (Å²) in [4.78, 5) is 15.9. The van der Waals surface area contributed by atoms with Crippen LogP contribution in [0, 0.1) is 5.92 Å². The number of carbonyl (C=O) groups is 1. The molecule has 0 bridgehead atoms. The van der Waals surface area contributed by atoms with Crippen LogP contribution in [0.4, 0.5) is 0 Å². The lowest BCUT2D eigenvalue weighted by Gasteiger charge is -2.11. The maximum absolute atomic E-state index is 11.8. The number of thiazole rings is 1. The Bertz CT molecular complexity index is 310. The van der Waals surface area contributed by atoms with Crippen molar-refractivity contribution in [1.29, 1.82) is 0 Å². The minimum absolute atomic E-state index is 0.0823. The van der Waals surface area contributed by atoms with Gasteiger partial charge in [-0.2, -0.15) is 0 Å². The van der Waals surface area contributed by atoms with Gasteiger partial charge >= 0.3 is 0 Å². The second-order valence-corrected chi connectivity index (χ2v) is 4.52. The number of ketones is 1. The number of carbonyl (C=O) groups excluding carboxylic acids is 1. The summed E-state index contributed by atoms with van der Waals surface area (Å²) in [5, 5.41) is 2.81. The summed E-state index contributed by atoms with van der Waals surface area (Å²) in [6, 6.07) is 0. The molecule has 14 heavy (non-hydrogen) atoms. The van der Waals surface area contributed by atoms with E-state index >= 15 is 0 Å². The first-order chi connectivity index (χ1) is 6.77. The zero-order valence-corrected chi connectivity index (χ0v) is 8.92. The molecule has 1 saturated heterocycles. The fraction of sp³-hybridized carbons (Fsp3) is 0.600. The zero-order valence-electron chi connectivity index (χ0n) is 8.10. The van der Waals surface area contributed by atoms with Gasteiger partial charge in [-0.15, -0.1) is 11.3 Å². The molecule has 1 fully saturated rings. The molecule has 76 valence electrons. The number of ether oxygens (including phenoxy) is 1. The lowest BCUT2D eigenvalue weighted by atomic mass is 9.96. The standard InChI is InChI=1S/C10H13NO2S/c1-7-8(2-4-13-7)9(12)6-10-11-3-5-14-10/h3,5,7-8H,2,4,6H2,1H3. The largest absolute Gasteiger partial charge is 0.378 e. The SMILES string of the molecule is CC1OCCC1C(=O)Cc1nccs1. The van der Waals surface area contributed by atoms with Crippen LogP contribution in [0.5, 0.6) is 0 Å². The van der Waals surface area contributed by atoms with Crippen molar-refractivity contribution in [2.75, 3.05) is 6.61 Å². The van der Waals surface area contributed by atoms with Gasteiger partial charge in [0, 0.05) is 24.1 Å². The van der Waals surface area contributed by atoms with Gasteiger partial charge in [-0.3, -0.25) is 4.79 Å². The van der Waals surface area contributed by atoms with Crippen molar-refractivity contribution in [3.05, 3.63) is 16.6 Å². The van der Waals surface area contributed by atoms with E-state index in [-0.39, 0.29) is 17.8 Å². The fourth-order valence-corrected chi connectivity index (χ4v) is 2.40. The van der Waals surface area contributed by atoms with Gasteiger partial charge in [0.15, 0.2) is 0 Å². The molecule has 0 amide bonds. The van der Waals surface area contributed by atoms with E-state index in [4.69, 9.17) is 4.74 Å². The monoisotopic (exact) mass is 211 g/mol. The Morgan fingerprint density at radius 1 is 1.79 bits per heavy atom. The molecule has 4 heteroatoms. The normalized spacial score (nSPS) is 26.6. The number of rotatable bonds is 3. The highest BCUT2D eigenvalue weighted by Gasteiger charge is 2.30. The fourth-order valence-electron chi connectivity index (χ4n) is 1.77. The summed E-state index contributed by atoms with van der Waals surface area (Å²) in [6.07, 6.45) is 3.16. The van der Waals surface area contributed by atoms with E-state index in [1.165, 1.54) is 11.3 Å². The van der Waals surface area contributed by atoms with Crippen LogP contribution >= 0.6 is 11.3 Å². The third-order valence-electron chi connectivity index (χ3n) is 2.60. The highest BCUT2D eigenvalue weighted by molar-refractivity contribution is 7.09. The summed E-state index contributed by atoms with van der Waals surface area (Å²) in [6.45, 7) is 2.69. The Kier molecular flexibility index (Phi) is 2.93. The number of aromatic nitrogens is 1. The molecule has 0 N–H and O–H groups in total. The smallest absolute Gasteiger partial charge is 0.145 e. The van der Waals surface area contributed by atoms with Gasteiger partial charge in [-0.05, 0) is 13.3 Å². The van der Waals surface area contributed by atoms with E-state index in [1.807, 2.05) is 12.3 Å². The van der Waals surface area contributed by atoms with Gasteiger partial charge in [0.25, 0.3) is 0 Å². The summed E-state index contributed by atoms with van der Waals surface area (Å²) in [5.74, 6) is 0.351. The van der Waals surface area contributed by atoms with Crippen molar-refractivity contribution in [2.24, 2.45) is 5.92 Å². The van der Waals surface area contributed by atoms with E-state index in [0.29, 0.717) is 6.42 Å². The van der Waals surface area contributed by atoms with Crippen LogP contribution in [0.15, 0.2) is 11.6 Å². The van der Waals surface area contributed by atoms with Gasteiger partial charge in [-0.25, -0.2) is 4.98 Å². The van der Waals surface area contributed by atoms with Gasteiger partial charge < -0.3 is 4.74 Å². The predicted octanol–water partition coefficient (Wildman–Crippen LogP) is 1.68. The third kappa shape index (κ3) is 2.01. The van der Waals surface area contributed by atoms with Gasteiger partial charge in [0.2, 0.25) is 0 Å². The summed E-state index contributed by atoms with van der Waals surface area (Å²) in [5.41, 5.74) is 0. The van der Waals surface area contributed by atoms with Crippen LogP contribution in [-0.4, -0.2) is 23.5 Å². The average molecular weight is 211 g/mol. The molecule has 2 rings (SSSR count). The second-order valence-electron chi connectivity index (χ2n) is 3.54.